The number of benzene rings is 1. The van der Waals surface area contributed by atoms with E-state index in [9.17, 15) is 4.79 Å². The Morgan fingerprint density at radius 1 is 1.32 bits per heavy atom. The molecule has 1 aromatic carbocycles. The van der Waals surface area contributed by atoms with E-state index in [2.05, 4.69) is 15.9 Å². The second-order valence-corrected chi connectivity index (χ2v) is 5.95. The zero-order valence-corrected chi connectivity index (χ0v) is 12.5. The van der Waals surface area contributed by atoms with Crippen LogP contribution in [0.2, 0.25) is 0 Å². The van der Waals surface area contributed by atoms with Crippen molar-refractivity contribution in [3.63, 3.8) is 0 Å². The molecule has 4 heteroatoms. The third kappa shape index (κ3) is 4.23. The standard InChI is InChI=1S/C15H19BrO3/c16-13-7-6-12(15(17)18)10-14(13)19-9-8-11-4-2-1-3-5-11/h6-7,10-11H,1-5,8-9H2,(H,17,18). The summed E-state index contributed by atoms with van der Waals surface area (Å²) in [5.41, 5.74) is 0.260. The molecular formula is C15H19BrO3. The van der Waals surface area contributed by atoms with Crippen LogP contribution in [0, 0.1) is 5.92 Å². The molecule has 1 aliphatic carbocycles. The number of aromatic carboxylic acids is 1. The van der Waals surface area contributed by atoms with Crippen molar-refractivity contribution in [3.8, 4) is 5.75 Å². The van der Waals surface area contributed by atoms with E-state index in [0.29, 0.717) is 12.4 Å². The molecule has 104 valence electrons. The second kappa shape index (κ2) is 6.94. The van der Waals surface area contributed by atoms with Crippen LogP contribution in [0.4, 0.5) is 0 Å². The number of halogens is 1. The molecule has 0 radical (unpaired) electrons. The normalized spacial score (nSPS) is 16.3. The number of carboxylic acids is 1. The van der Waals surface area contributed by atoms with Crippen molar-refractivity contribution < 1.29 is 14.6 Å². The van der Waals surface area contributed by atoms with Crippen molar-refractivity contribution in [2.24, 2.45) is 5.92 Å². The fraction of sp³-hybridized carbons (Fsp3) is 0.533. The van der Waals surface area contributed by atoms with Gasteiger partial charge in [-0.2, -0.15) is 0 Å². The molecule has 1 saturated carbocycles. The first kappa shape index (κ1) is 14.4. The lowest BCUT2D eigenvalue weighted by Gasteiger charge is -2.21. The van der Waals surface area contributed by atoms with Gasteiger partial charge in [0, 0.05) is 0 Å². The van der Waals surface area contributed by atoms with Crippen molar-refractivity contribution >= 4 is 21.9 Å². The molecule has 3 nitrogen and oxygen atoms in total. The summed E-state index contributed by atoms with van der Waals surface area (Å²) in [5.74, 6) is 0.468. The van der Waals surface area contributed by atoms with Crippen molar-refractivity contribution in [1.29, 1.82) is 0 Å². The lowest BCUT2D eigenvalue weighted by Crippen LogP contribution is -2.11. The lowest BCUT2D eigenvalue weighted by atomic mass is 9.87. The zero-order valence-electron chi connectivity index (χ0n) is 10.9. The van der Waals surface area contributed by atoms with Gasteiger partial charge in [0.15, 0.2) is 0 Å². The van der Waals surface area contributed by atoms with Crippen molar-refractivity contribution in [3.05, 3.63) is 28.2 Å². The zero-order chi connectivity index (χ0) is 13.7. The Balaban J connectivity index is 1.87. The number of carboxylic acid groups (broad SMARTS) is 1. The quantitative estimate of drug-likeness (QED) is 0.866. The Labute approximate surface area is 122 Å². The van der Waals surface area contributed by atoms with Crippen LogP contribution in [0.25, 0.3) is 0 Å². The number of hydrogen-bond donors (Lipinski definition) is 1. The maximum absolute atomic E-state index is 10.9. The lowest BCUT2D eigenvalue weighted by molar-refractivity contribution is 0.0696. The van der Waals surface area contributed by atoms with Gasteiger partial charge >= 0.3 is 5.97 Å². The summed E-state index contributed by atoms with van der Waals surface area (Å²) in [7, 11) is 0. The molecule has 0 spiro atoms. The fourth-order valence-electron chi connectivity index (χ4n) is 2.56. The van der Waals surface area contributed by atoms with E-state index in [1.165, 1.54) is 32.1 Å². The van der Waals surface area contributed by atoms with E-state index in [4.69, 9.17) is 9.84 Å². The SMILES string of the molecule is O=C(O)c1ccc(Br)c(OCCC2CCCCC2)c1. The second-order valence-electron chi connectivity index (χ2n) is 5.09. The molecule has 0 aliphatic heterocycles. The topological polar surface area (TPSA) is 46.5 Å². The predicted molar refractivity (Wildman–Crippen MR) is 77.8 cm³/mol. The van der Waals surface area contributed by atoms with E-state index in [0.717, 1.165) is 16.8 Å². The van der Waals surface area contributed by atoms with Crippen LogP contribution in [0.5, 0.6) is 5.75 Å². The maximum atomic E-state index is 10.9. The molecule has 19 heavy (non-hydrogen) atoms. The average molecular weight is 327 g/mol. The van der Waals surface area contributed by atoms with Crippen LogP contribution < -0.4 is 4.74 Å². The largest absolute Gasteiger partial charge is 0.492 e. The van der Waals surface area contributed by atoms with E-state index < -0.39 is 5.97 Å². The molecule has 1 aromatic rings. The van der Waals surface area contributed by atoms with Crippen molar-refractivity contribution in [2.45, 2.75) is 38.5 Å². The Morgan fingerprint density at radius 3 is 2.74 bits per heavy atom. The third-order valence-electron chi connectivity index (χ3n) is 3.69. The smallest absolute Gasteiger partial charge is 0.335 e. The third-order valence-corrected chi connectivity index (χ3v) is 4.34. The van der Waals surface area contributed by atoms with E-state index in [-0.39, 0.29) is 5.56 Å². The van der Waals surface area contributed by atoms with Crippen molar-refractivity contribution in [2.75, 3.05) is 6.61 Å². The van der Waals surface area contributed by atoms with E-state index in [1.807, 2.05) is 0 Å². The summed E-state index contributed by atoms with van der Waals surface area (Å²) in [4.78, 5) is 10.9. The van der Waals surface area contributed by atoms with Crippen LogP contribution in [0.1, 0.15) is 48.9 Å². The van der Waals surface area contributed by atoms with Gasteiger partial charge in [0.2, 0.25) is 0 Å². The first-order chi connectivity index (χ1) is 9.16. The van der Waals surface area contributed by atoms with Crippen LogP contribution >= 0.6 is 15.9 Å². The highest BCUT2D eigenvalue weighted by molar-refractivity contribution is 9.10. The minimum Gasteiger partial charge on any atom is -0.492 e. The highest BCUT2D eigenvalue weighted by Crippen LogP contribution is 2.29. The Bertz CT molecular complexity index is 439. The number of ether oxygens (including phenoxy) is 1. The molecular weight excluding hydrogens is 308 g/mol. The van der Waals surface area contributed by atoms with Gasteiger partial charge in [-0.25, -0.2) is 4.79 Å². The molecule has 1 N–H and O–H groups in total. The molecule has 0 atom stereocenters. The first-order valence-electron chi connectivity index (χ1n) is 6.82. The Hall–Kier alpha value is -1.03. The highest BCUT2D eigenvalue weighted by atomic mass is 79.9. The number of rotatable bonds is 5. The van der Waals surface area contributed by atoms with Gasteiger partial charge in [0.25, 0.3) is 0 Å². The van der Waals surface area contributed by atoms with Crippen LogP contribution in [-0.2, 0) is 0 Å². The molecule has 0 heterocycles. The van der Waals surface area contributed by atoms with Gasteiger partial charge in [-0.1, -0.05) is 32.1 Å². The van der Waals surface area contributed by atoms with Crippen molar-refractivity contribution in [1.82, 2.24) is 0 Å². The minimum absolute atomic E-state index is 0.260. The Morgan fingerprint density at radius 2 is 2.05 bits per heavy atom. The maximum Gasteiger partial charge on any atom is 0.335 e. The molecule has 0 unspecified atom stereocenters. The fourth-order valence-corrected chi connectivity index (χ4v) is 2.92. The summed E-state index contributed by atoms with van der Waals surface area (Å²) in [5, 5.41) is 8.96. The minimum atomic E-state index is -0.926. The number of hydrogen-bond acceptors (Lipinski definition) is 2. The van der Waals surface area contributed by atoms with E-state index >= 15 is 0 Å². The molecule has 0 saturated heterocycles. The summed E-state index contributed by atoms with van der Waals surface area (Å²) >= 11 is 3.39. The summed E-state index contributed by atoms with van der Waals surface area (Å²) < 4.78 is 6.53. The van der Waals surface area contributed by atoms with Gasteiger partial charge in [-0.3, -0.25) is 0 Å². The predicted octanol–water partition coefficient (Wildman–Crippen LogP) is 4.50. The molecule has 1 fully saturated rings. The molecule has 0 bridgehead atoms. The van der Waals surface area contributed by atoms with Crippen LogP contribution in [0.15, 0.2) is 22.7 Å². The monoisotopic (exact) mass is 326 g/mol. The summed E-state index contributed by atoms with van der Waals surface area (Å²) in [6.45, 7) is 0.659. The molecule has 2 rings (SSSR count). The van der Waals surface area contributed by atoms with E-state index in [1.54, 1.807) is 18.2 Å². The van der Waals surface area contributed by atoms with Gasteiger partial charge in [-0.15, -0.1) is 0 Å². The van der Waals surface area contributed by atoms with Gasteiger partial charge in [0.05, 0.1) is 16.6 Å². The van der Waals surface area contributed by atoms with Gasteiger partial charge in [0.1, 0.15) is 5.75 Å². The molecule has 0 amide bonds. The molecule has 1 aliphatic rings. The first-order valence-corrected chi connectivity index (χ1v) is 7.62. The van der Waals surface area contributed by atoms with Crippen LogP contribution in [0.3, 0.4) is 0 Å². The Kier molecular flexibility index (Phi) is 5.25. The average Bonchev–Trinajstić information content (AvgIpc) is 2.42. The highest BCUT2D eigenvalue weighted by Gasteiger charge is 2.14. The molecule has 0 aromatic heterocycles. The summed E-state index contributed by atoms with van der Waals surface area (Å²) in [6.07, 6.45) is 7.71. The van der Waals surface area contributed by atoms with Gasteiger partial charge < -0.3 is 9.84 Å². The number of carbonyl (C=O) groups is 1. The summed E-state index contributed by atoms with van der Waals surface area (Å²) in [6, 6.07) is 4.87. The van der Waals surface area contributed by atoms with Gasteiger partial charge in [-0.05, 0) is 46.5 Å². The van der Waals surface area contributed by atoms with Crippen LogP contribution in [-0.4, -0.2) is 17.7 Å².